The lowest BCUT2D eigenvalue weighted by molar-refractivity contribution is 0.625. The molecule has 0 aliphatic carbocycles. The van der Waals surface area contributed by atoms with Crippen LogP contribution in [0.25, 0.3) is 0 Å². The van der Waals surface area contributed by atoms with Gasteiger partial charge in [0.25, 0.3) is 0 Å². The summed E-state index contributed by atoms with van der Waals surface area (Å²) >= 11 is 0. The normalized spacial score (nSPS) is 10.4. The van der Waals surface area contributed by atoms with Gasteiger partial charge in [0.1, 0.15) is 11.6 Å². The first-order valence-electron chi connectivity index (χ1n) is 5.61. The van der Waals surface area contributed by atoms with Crippen molar-refractivity contribution in [2.45, 2.75) is 13.5 Å². The Morgan fingerprint density at radius 1 is 1.39 bits per heavy atom. The third-order valence-electron chi connectivity index (χ3n) is 2.63. The molecule has 0 aliphatic rings. The topological polar surface area (TPSA) is 55.0 Å². The molecule has 2 aromatic rings. The molecule has 0 aliphatic heterocycles. The molecule has 0 amide bonds. The summed E-state index contributed by atoms with van der Waals surface area (Å²) in [5, 5.41) is 0. The molecule has 94 valence electrons. The molecular weight excluding hydrogens is 231 g/mol. The molecule has 0 saturated carbocycles. The molecule has 0 atom stereocenters. The average Bonchev–Trinajstić information content (AvgIpc) is 2.32. The molecule has 0 bridgehead atoms. The maximum atomic E-state index is 13.1. The summed E-state index contributed by atoms with van der Waals surface area (Å²) in [6.07, 6.45) is 1.68. The minimum Gasteiger partial charge on any atom is -0.368 e. The molecule has 1 aromatic heterocycles. The van der Waals surface area contributed by atoms with Crippen LogP contribution in [-0.4, -0.2) is 17.0 Å². The third-order valence-corrected chi connectivity index (χ3v) is 2.63. The number of hydrogen-bond donors (Lipinski definition) is 1. The van der Waals surface area contributed by atoms with Crippen molar-refractivity contribution in [2.24, 2.45) is 0 Å². The van der Waals surface area contributed by atoms with E-state index < -0.39 is 0 Å². The van der Waals surface area contributed by atoms with E-state index in [9.17, 15) is 4.39 Å². The van der Waals surface area contributed by atoms with Crippen molar-refractivity contribution in [3.63, 3.8) is 0 Å². The maximum Gasteiger partial charge on any atom is 0.221 e. The fourth-order valence-electron chi connectivity index (χ4n) is 1.82. The Morgan fingerprint density at radius 3 is 2.89 bits per heavy atom. The molecule has 1 heterocycles. The maximum absolute atomic E-state index is 13.1. The minimum atomic E-state index is -0.236. The highest BCUT2D eigenvalue weighted by Gasteiger charge is 2.08. The molecule has 0 fully saturated rings. The lowest BCUT2D eigenvalue weighted by Crippen LogP contribution is -2.19. The summed E-state index contributed by atoms with van der Waals surface area (Å²) in [5.74, 6) is 0.758. The van der Waals surface area contributed by atoms with E-state index in [4.69, 9.17) is 5.73 Å². The summed E-state index contributed by atoms with van der Waals surface area (Å²) in [7, 11) is 1.89. The standard InChI is InChI=1S/C13H15FN4/c1-9-7-16-13(15)17-12(9)18(2)8-10-4-3-5-11(14)6-10/h3-7H,8H2,1-2H3,(H2,15,16,17). The van der Waals surface area contributed by atoms with Gasteiger partial charge in [0.15, 0.2) is 0 Å². The number of aryl methyl sites for hydroxylation is 1. The minimum absolute atomic E-state index is 0.236. The van der Waals surface area contributed by atoms with Crippen molar-refractivity contribution in [1.82, 2.24) is 9.97 Å². The van der Waals surface area contributed by atoms with Crippen LogP contribution < -0.4 is 10.6 Å². The van der Waals surface area contributed by atoms with Crippen LogP contribution in [0.1, 0.15) is 11.1 Å². The monoisotopic (exact) mass is 246 g/mol. The second-order valence-electron chi connectivity index (χ2n) is 4.22. The van der Waals surface area contributed by atoms with Gasteiger partial charge in [-0.25, -0.2) is 9.37 Å². The van der Waals surface area contributed by atoms with Crippen molar-refractivity contribution in [2.75, 3.05) is 17.7 Å². The van der Waals surface area contributed by atoms with Crippen molar-refractivity contribution >= 4 is 11.8 Å². The average molecular weight is 246 g/mol. The zero-order valence-corrected chi connectivity index (χ0v) is 10.4. The van der Waals surface area contributed by atoms with Crippen LogP contribution >= 0.6 is 0 Å². The molecule has 0 unspecified atom stereocenters. The van der Waals surface area contributed by atoms with Crippen molar-refractivity contribution in [3.05, 3.63) is 47.4 Å². The van der Waals surface area contributed by atoms with Gasteiger partial charge < -0.3 is 10.6 Å². The molecule has 2 rings (SSSR count). The number of nitrogen functional groups attached to an aromatic ring is 1. The molecule has 18 heavy (non-hydrogen) atoms. The Balaban J connectivity index is 2.21. The number of rotatable bonds is 3. The number of nitrogens with two attached hydrogens (primary N) is 1. The predicted octanol–water partition coefficient (Wildman–Crippen LogP) is 2.14. The van der Waals surface area contributed by atoms with Gasteiger partial charge in [-0.1, -0.05) is 12.1 Å². The first-order valence-corrected chi connectivity index (χ1v) is 5.61. The number of benzene rings is 1. The van der Waals surface area contributed by atoms with E-state index in [1.165, 1.54) is 12.1 Å². The van der Waals surface area contributed by atoms with Crippen LogP contribution in [0.15, 0.2) is 30.5 Å². The second-order valence-corrected chi connectivity index (χ2v) is 4.22. The molecule has 0 radical (unpaired) electrons. The zero-order valence-electron chi connectivity index (χ0n) is 10.4. The Labute approximate surface area is 105 Å². The van der Waals surface area contributed by atoms with E-state index in [0.717, 1.165) is 16.9 Å². The van der Waals surface area contributed by atoms with Crippen LogP contribution in [0.3, 0.4) is 0 Å². The fourth-order valence-corrected chi connectivity index (χ4v) is 1.82. The van der Waals surface area contributed by atoms with E-state index in [1.807, 2.05) is 24.9 Å². The number of aromatic nitrogens is 2. The van der Waals surface area contributed by atoms with Gasteiger partial charge in [-0.2, -0.15) is 4.98 Å². The predicted molar refractivity (Wildman–Crippen MR) is 69.7 cm³/mol. The van der Waals surface area contributed by atoms with Crippen LogP contribution in [0.2, 0.25) is 0 Å². The zero-order chi connectivity index (χ0) is 13.1. The summed E-state index contributed by atoms with van der Waals surface area (Å²) in [6.45, 7) is 2.48. The van der Waals surface area contributed by atoms with Crippen LogP contribution in [-0.2, 0) is 6.54 Å². The molecule has 0 saturated heterocycles. The van der Waals surface area contributed by atoms with Crippen LogP contribution in [0, 0.1) is 12.7 Å². The summed E-state index contributed by atoms with van der Waals surface area (Å²) in [6, 6.07) is 6.51. The van der Waals surface area contributed by atoms with E-state index >= 15 is 0 Å². The molecule has 1 aromatic carbocycles. The fraction of sp³-hybridized carbons (Fsp3) is 0.231. The number of nitrogens with zero attached hydrogens (tertiary/aromatic N) is 3. The first-order chi connectivity index (χ1) is 8.56. The van der Waals surface area contributed by atoms with Gasteiger partial charge in [-0.05, 0) is 24.6 Å². The largest absolute Gasteiger partial charge is 0.368 e. The second kappa shape index (κ2) is 5.00. The molecule has 2 N–H and O–H groups in total. The highest BCUT2D eigenvalue weighted by Crippen LogP contribution is 2.18. The highest BCUT2D eigenvalue weighted by atomic mass is 19.1. The van der Waals surface area contributed by atoms with Crippen LogP contribution in [0.5, 0.6) is 0 Å². The van der Waals surface area contributed by atoms with E-state index in [2.05, 4.69) is 9.97 Å². The highest BCUT2D eigenvalue weighted by molar-refractivity contribution is 5.47. The summed E-state index contributed by atoms with van der Waals surface area (Å²) in [5.41, 5.74) is 7.39. The SMILES string of the molecule is Cc1cnc(N)nc1N(C)Cc1cccc(F)c1. The van der Waals surface area contributed by atoms with Gasteiger partial charge in [0.05, 0.1) is 0 Å². The Kier molecular flexibility index (Phi) is 3.41. The van der Waals surface area contributed by atoms with Gasteiger partial charge in [-0.3, -0.25) is 0 Å². The summed E-state index contributed by atoms with van der Waals surface area (Å²) < 4.78 is 13.1. The third kappa shape index (κ3) is 2.74. The van der Waals surface area contributed by atoms with Gasteiger partial charge >= 0.3 is 0 Å². The molecule has 0 spiro atoms. The van der Waals surface area contributed by atoms with E-state index in [1.54, 1.807) is 12.3 Å². The molecule has 4 nitrogen and oxygen atoms in total. The Bertz CT molecular complexity index is 556. The number of halogens is 1. The van der Waals surface area contributed by atoms with Crippen molar-refractivity contribution in [1.29, 1.82) is 0 Å². The van der Waals surface area contributed by atoms with Gasteiger partial charge in [-0.15, -0.1) is 0 Å². The van der Waals surface area contributed by atoms with Gasteiger partial charge in [0, 0.05) is 25.4 Å². The number of anilines is 2. The van der Waals surface area contributed by atoms with Crippen LogP contribution in [0.4, 0.5) is 16.2 Å². The van der Waals surface area contributed by atoms with E-state index in [0.29, 0.717) is 6.54 Å². The quantitative estimate of drug-likeness (QED) is 0.901. The smallest absolute Gasteiger partial charge is 0.221 e. The summed E-state index contributed by atoms with van der Waals surface area (Å²) in [4.78, 5) is 10.0. The molecule has 5 heteroatoms. The lowest BCUT2D eigenvalue weighted by Gasteiger charge is -2.20. The lowest BCUT2D eigenvalue weighted by atomic mass is 10.2. The van der Waals surface area contributed by atoms with Crippen molar-refractivity contribution in [3.8, 4) is 0 Å². The Morgan fingerprint density at radius 2 is 2.17 bits per heavy atom. The van der Waals surface area contributed by atoms with Crippen molar-refractivity contribution < 1.29 is 4.39 Å². The Hall–Kier alpha value is -2.17. The first kappa shape index (κ1) is 12.3. The van der Waals surface area contributed by atoms with Gasteiger partial charge in [0.2, 0.25) is 5.95 Å². The van der Waals surface area contributed by atoms with E-state index in [-0.39, 0.29) is 11.8 Å². The number of hydrogen-bond acceptors (Lipinski definition) is 4. The molecular formula is C13H15FN4.